The number of rotatable bonds is 4. The number of halogens is 2. The quantitative estimate of drug-likeness (QED) is 0.882. The van der Waals surface area contributed by atoms with Gasteiger partial charge in [0.1, 0.15) is 5.82 Å². The Morgan fingerprint density at radius 1 is 1.48 bits per heavy atom. The first-order chi connectivity index (χ1) is 9.70. The number of sulfonamides is 1. The Bertz CT molecular complexity index is 820. The van der Waals surface area contributed by atoms with E-state index in [0.717, 1.165) is 23.5 Å². The Balaban J connectivity index is 2.40. The van der Waals surface area contributed by atoms with E-state index in [4.69, 9.17) is 17.3 Å². The summed E-state index contributed by atoms with van der Waals surface area (Å²) in [7, 11) is -3.93. The van der Waals surface area contributed by atoms with Crippen molar-refractivity contribution in [1.82, 2.24) is 4.98 Å². The fraction of sp³-hybridized carbons (Fsp3) is 0.0909. The van der Waals surface area contributed by atoms with Gasteiger partial charge in [-0.3, -0.25) is 9.52 Å². The maximum absolute atomic E-state index is 13.3. The van der Waals surface area contributed by atoms with Crippen LogP contribution in [0.4, 0.5) is 10.1 Å². The molecule has 2 aromatic rings. The summed E-state index contributed by atoms with van der Waals surface area (Å²) in [6, 6.07) is 3.15. The van der Waals surface area contributed by atoms with Gasteiger partial charge in [0.05, 0.1) is 11.3 Å². The van der Waals surface area contributed by atoms with Gasteiger partial charge in [-0.15, -0.1) is 0 Å². The number of primary amides is 1. The molecule has 1 heterocycles. The fourth-order valence-electron chi connectivity index (χ4n) is 1.58. The summed E-state index contributed by atoms with van der Waals surface area (Å²) in [5.41, 5.74) is 4.85. The Kier molecular flexibility index (Phi) is 4.17. The zero-order valence-corrected chi connectivity index (χ0v) is 12.9. The van der Waals surface area contributed by atoms with Gasteiger partial charge in [0.15, 0.2) is 8.68 Å². The molecule has 10 heteroatoms. The first kappa shape index (κ1) is 15.7. The molecule has 21 heavy (non-hydrogen) atoms. The highest BCUT2D eigenvalue weighted by molar-refractivity contribution is 7.94. The molecule has 0 fully saturated rings. The molecule has 2 rings (SSSR count). The summed E-state index contributed by atoms with van der Waals surface area (Å²) in [6.45, 7) is 1.50. The fourth-order valence-corrected chi connectivity index (χ4v) is 4.37. The van der Waals surface area contributed by atoms with Crippen molar-refractivity contribution in [2.75, 3.05) is 4.72 Å². The van der Waals surface area contributed by atoms with Crippen LogP contribution >= 0.6 is 22.9 Å². The van der Waals surface area contributed by atoms with Crippen LogP contribution in [0.1, 0.15) is 16.1 Å². The summed E-state index contributed by atoms with van der Waals surface area (Å²) in [6.07, 6.45) is 0. The van der Waals surface area contributed by atoms with E-state index in [2.05, 4.69) is 9.71 Å². The second kappa shape index (κ2) is 5.58. The van der Waals surface area contributed by atoms with Crippen LogP contribution in [0.25, 0.3) is 0 Å². The average Bonchev–Trinajstić information content (AvgIpc) is 2.71. The zero-order valence-electron chi connectivity index (χ0n) is 10.6. The van der Waals surface area contributed by atoms with Crippen LogP contribution in [-0.2, 0) is 10.0 Å². The molecule has 112 valence electrons. The Labute approximate surface area is 128 Å². The van der Waals surface area contributed by atoms with E-state index in [-0.39, 0.29) is 20.1 Å². The Morgan fingerprint density at radius 3 is 2.67 bits per heavy atom. The third-order valence-corrected chi connectivity index (χ3v) is 5.71. The molecule has 1 amide bonds. The van der Waals surface area contributed by atoms with E-state index >= 15 is 0 Å². The Hall–Kier alpha value is -1.71. The number of carbonyl (C=O) groups excluding carboxylic acids is 1. The van der Waals surface area contributed by atoms with Crippen LogP contribution in [0.15, 0.2) is 22.4 Å². The molecular formula is C11H9ClFN3O3S2. The predicted octanol–water partition coefficient (Wildman–Crippen LogP) is 2.14. The van der Waals surface area contributed by atoms with Crippen molar-refractivity contribution < 1.29 is 17.6 Å². The van der Waals surface area contributed by atoms with E-state index in [1.165, 1.54) is 13.0 Å². The topological polar surface area (TPSA) is 102 Å². The number of benzene rings is 1. The number of nitrogens with one attached hydrogen (secondary N) is 1. The maximum Gasteiger partial charge on any atom is 0.273 e. The molecule has 0 bridgehead atoms. The number of nitrogens with zero attached hydrogens (tertiary/aromatic N) is 1. The van der Waals surface area contributed by atoms with Crippen LogP contribution in [-0.4, -0.2) is 19.3 Å². The monoisotopic (exact) mass is 349 g/mol. The van der Waals surface area contributed by atoms with Gasteiger partial charge in [0.25, 0.3) is 15.9 Å². The SMILES string of the molecule is Cc1nc(Cl)sc1S(=O)(=O)Nc1ccc(F)c(C(N)=O)c1. The summed E-state index contributed by atoms with van der Waals surface area (Å²) < 4.78 is 40.0. The van der Waals surface area contributed by atoms with Crippen LogP contribution in [0.3, 0.4) is 0 Å². The summed E-state index contributed by atoms with van der Waals surface area (Å²) in [5, 5.41) is 0. The summed E-state index contributed by atoms with van der Waals surface area (Å²) >= 11 is 6.46. The number of aryl methyl sites for hydroxylation is 1. The van der Waals surface area contributed by atoms with Crippen molar-refractivity contribution in [3.63, 3.8) is 0 Å². The van der Waals surface area contributed by atoms with Crippen molar-refractivity contribution >= 4 is 44.6 Å². The number of nitrogens with two attached hydrogens (primary N) is 1. The van der Waals surface area contributed by atoms with Gasteiger partial charge < -0.3 is 5.73 Å². The second-order valence-corrected chi connectivity index (χ2v) is 7.46. The third-order valence-electron chi connectivity index (χ3n) is 2.46. The van der Waals surface area contributed by atoms with Gasteiger partial charge in [-0.05, 0) is 25.1 Å². The molecule has 3 N–H and O–H groups in total. The van der Waals surface area contributed by atoms with Crippen molar-refractivity contribution in [3.8, 4) is 0 Å². The molecule has 1 aromatic carbocycles. The minimum atomic E-state index is -3.93. The minimum absolute atomic E-state index is 0.00845. The zero-order chi connectivity index (χ0) is 15.8. The van der Waals surface area contributed by atoms with Gasteiger partial charge in [0.2, 0.25) is 0 Å². The maximum atomic E-state index is 13.3. The van der Waals surface area contributed by atoms with Gasteiger partial charge >= 0.3 is 0 Å². The van der Waals surface area contributed by atoms with E-state index in [9.17, 15) is 17.6 Å². The molecule has 0 radical (unpaired) electrons. The summed E-state index contributed by atoms with van der Waals surface area (Å²) in [5.74, 6) is -1.83. The average molecular weight is 350 g/mol. The van der Waals surface area contributed by atoms with Crippen molar-refractivity contribution in [2.45, 2.75) is 11.1 Å². The van der Waals surface area contributed by atoms with Gasteiger partial charge in [-0.2, -0.15) is 0 Å². The molecule has 0 saturated heterocycles. The Morgan fingerprint density at radius 2 is 2.14 bits per heavy atom. The summed E-state index contributed by atoms with van der Waals surface area (Å²) in [4.78, 5) is 14.9. The smallest absolute Gasteiger partial charge is 0.273 e. The lowest BCUT2D eigenvalue weighted by Gasteiger charge is -2.08. The second-order valence-electron chi connectivity index (χ2n) is 4.00. The molecular weight excluding hydrogens is 341 g/mol. The van der Waals surface area contributed by atoms with Crippen molar-refractivity contribution in [1.29, 1.82) is 0 Å². The number of anilines is 1. The van der Waals surface area contributed by atoms with E-state index < -0.39 is 27.3 Å². The molecule has 0 aliphatic rings. The molecule has 0 unspecified atom stereocenters. The van der Waals surface area contributed by atoms with E-state index in [1.54, 1.807) is 0 Å². The number of aromatic nitrogens is 1. The molecule has 0 saturated carbocycles. The molecule has 0 aliphatic heterocycles. The predicted molar refractivity (Wildman–Crippen MR) is 77.6 cm³/mol. The standard InChI is InChI=1S/C11H9ClFN3O3S2/c1-5-10(20-11(12)15-5)21(18,19)16-6-2-3-8(13)7(4-6)9(14)17/h2-4,16H,1H3,(H2,14,17). The van der Waals surface area contributed by atoms with Gasteiger partial charge in [-0.1, -0.05) is 22.9 Å². The van der Waals surface area contributed by atoms with Crippen LogP contribution in [0.5, 0.6) is 0 Å². The van der Waals surface area contributed by atoms with Crippen LogP contribution in [0.2, 0.25) is 4.47 Å². The number of carbonyl (C=O) groups is 1. The highest BCUT2D eigenvalue weighted by Crippen LogP contribution is 2.28. The van der Waals surface area contributed by atoms with E-state index in [1.807, 2.05) is 0 Å². The normalized spacial score (nSPS) is 11.4. The van der Waals surface area contributed by atoms with Crippen LogP contribution < -0.4 is 10.5 Å². The molecule has 0 atom stereocenters. The molecule has 6 nitrogen and oxygen atoms in total. The minimum Gasteiger partial charge on any atom is -0.366 e. The lowest BCUT2D eigenvalue weighted by Crippen LogP contribution is -2.16. The van der Waals surface area contributed by atoms with E-state index in [0.29, 0.717) is 0 Å². The number of amides is 1. The van der Waals surface area contributed by atoms with Crippen molar-refractivity contribution in [3.05, 3.63) is 39.7 Å². The molecule has 0 spiro atoms. The van der Waals surface area contributed by atoms with Crippen molar-refractivity contribution in [2.24, 2.45) is 5.73 Å². The number of thiazole rings is 1. The first-order valence-electron chi connectivity index (χ1n) is 5.46. The lowest BCUT2D eigenvalue weighted by atomic mass is 10.2. The largest absolute Gasteiger partial charge is 0.366 e. The number of hydrogen-bond donors (Lipinski definition) is 2. The highest BCUT2D eigenvalue weighted by atomic mass is 35.5. The van der Waals surface area contributed by atoms with Crippen LogP contribution in [0, 0.1) is 12.7 Å². The van der Waals surface area contributed by atoms with Gasteiger partial charge in [0, 0.05) is 5.69 Å². The third kappa shape index (κ3) is 3.31. The highest BCUT2D eigenvalue weighted by Gasteiger charge is 2.22. The lowest BCUT2D eigenvalue weighted by molar-refractivity contribution is 0.0996. The van der Waals surface area contributed by atoms with Gasteiger partial charge in [-0.25, -0.2) is 17.8 Å². The number of hydrogen-bond acceptors (Lipinski definition) is 5. The first-order valence-corrected chi connectivity index (χ1v) is 8.13. The molecule has 0 aliphatic carbocycles. The molecule has 1 aromatic heterocycles.